The van der Waals surface area contributed by atoms with Crippen molar-refractivity contribution in [2.75, 3.05) is 0 Å². The van der Waals surface area contributed by atoms with E-state index in [2.05, 4.69) is 21.0 Å². The molecule has 19 heavy (non-hydrogen) atoms. The third-order valence-corrected chi connectivity index (χ3v) is 2.96. The van der Waals surface area contributed by atoms with Gasteiger partial charge in [0.1, 0.15) is 6.20 Å². The van der Waals surface area contributed by atoms with E-state index in [-0.39, 0.29) is 11.4 Å². The molecule has 2 rings (SSSR count). The standard InChI is InChI=1S/C11H9BrN4O3/c12-8-3-1-7(2-4-8)5-15-6-9(16(18)19)10(14-15)11(13)17/h1-4,6H,5H2,(H2,13,17). The highest BCUT2D eigenvalue weighted by atomic mass is 79.9. The number of nitrogens with two attached hydrogens (primary N) is 1. The van der Waals surface area contributed by atoms with E-state index < -0.39 is 10.8 Å². The Labute approximate surface area is 116 Å². The summed E-state index contributed by atoms with van der Waals surface area (Å²) in [5.41, 5.74) is 5.24. The molecule has 0 saturated carbocycles. The lowest BCUT2D eigenvalue weighted by Crippen LogP contribution is -2.14. The fourth-order valence-corrected chi connectivity index (χ4v) is 1.84. The number of halogens is 1. The summed E-state index contributed by atoms with van der Waals surface area (Å²) in [6.07, 6.45) is 1.20. The number of hydrogen-bond donors (Lipinski definition) is 1. The second-order valence-electron chi connectivity index (χ2n) is 3.81. The normalized spacial score (nSPS) is 10.4. The highest BCUT2D eigenvalue weighted by Crippen LogP contribution is 2.17. The average Bonchev–Trinajstić information content (AvgIpc) is 2.76. The van der Waals surface area contributed by atoms with Gasteiger partial charge in [-0.2, -0.15) is 5.10 Å². The highest BCUT2D eigenvalue weighted by molar-refractivity contribution is 9.10. The monoisotopic (exact) mass is 324 g/mol. The summed E-state index contributed by atoms with van der Waals surface area (Å²) in [5, 5.41) is 14.6. The number of carbonyl (C=O) groups is 1. The van der Waals surface area contributed by atoms with Crippen molar-refractivity contribution in [1.82, 2.24) is 9.78 Å². The van der Waals surface area contributed by atoms with Gasteiger partial charge in [-0.3, -0.25) is 19.6 Å². The quantitative estimate of drug-likeness (QED) is 0.682. The first-order valence-electron chi connectivity index (χ1n) is 5.23. The largest absolute Gasteiger partial charge is 0.364 e. The lowest BCUT2D eigenvalue weighted by molar-refractivity contribution is -0.385. The summed E-state index contributed by atoms with van der Waals surface area (Å²) in [5.74, 6) is -0.916. The molecule has 0 atom stereocenters. The van der Waals surface area contributed by atoms with E-state index in [0.717, 1.165) is 10.0 Å². The Kier molecular flexibility index (Phi) is 3.61. The number of amides is 1. The predicted octanol–water partition coefficient (Wildman–Crippen LogP) is 1.70. The fourth-order valence-electron chi connectivity index (χ4n) is 1.58. The molecular formula is C11H9BrN4O3. The van der Waals surface area contributed by atoms with E-state index in [0.29, 0.717) is 6.54 Å². The van der Waals surface area contributed by atoms with E-state index in [4.69, 9.17) is 5.73 Å². The van der Waals surface area contributed by atoms with Crippen molar-refractivity contribution in [1.29, 1.82) is 0 Å². The average molecular weight is 325 g/mol. The molecular weight excluding hydrogens is 316 g/mol. The van der Waals surface area contributed by atoms with Crippen LogP contribution in [0, 0.1) is 10.1 Å². The number of benzene rings is 1. The number of carbonyl (C=O) groups excluding carboxylic acids is 1. The summed E-state index contributed by atoms with van der Waals surface area (Å²) < 4.78 is 2.25. The lowest BCUT2D eigenvalue weighted by atomic mass is 10.2. The summed E-state index contributed by atoms with van der Waals surface area (Å²) in [7, 11) is 0. The number of nitrogens with zero attached hydrogens (tertiary/aromatic N) is 3. The Hall–Kier alpha value is -2.22. The molecule has 0 bridgehead atoms. The SMILES string of the molecule is NC(=O)c1nn(Cc2ccc(Br)cc2)cc1[N+](=O)[O-]. The minimum atomic E-state index is -0.916. The van der Waals surface area contributed by atoms with Gasteiger partial charge in [-0.05, 0) is 17.7 Å². The van der Waals surface area contributed by atoms with Crippen LogP contribution in [0.5, 0.6) is 0 Å². The highest BCUT2D eigenvalue weighted by Gasteiger charge is 2.23. The number of nitro groups is 1. The molecule has 1 heterocycles. The maximum absolute atomic E-state index is 11.1. The molecule has 0 aliphatic rings. The van der Waals surface area contributed by atoms with E-state index in [9.17, 15) is 14.9 Å². The second kappa shape index (κ2) is 5.19. The van der Waals surface area contributed by atoms with E-state index in [1.165, 1.54) is 10.9 Å². The molecule has 2 aromatic rings. The van der Waals surface area contributed by atoms with Crippen LogP contribution in [-0.2, 0) is 6.54 Å². The Balaban J connectivity index is 2.31. The first-order valence-corrected chi connectivity index (χ1v) is 6.03. The molecule has 0 aliphatic heterocycles. The molecule has 0 fully saturated rings. The summed E-state index contributed by atoms with van der Waals surface area (Å²) in [4.78, 5) is 21.2. The van der Waals surface area contributed by atoms with Gasteiger partial charge >= 0.3 is 5.69 Å². The topological polar surface area (TPSA) is 104 Å². The van der Waals surface area contributed by atoms with Gasteiger partial charge in [0.2, 0.25) is 5.69 Å². The molecule has 0 radical (unpaired) electrons. The number of hydrogen-bond acceptors (Lipinski definition) is 4. The summed E-state index contributed by atoms with van der Waals surface area (Å²) in [6, 6.07) is 7.40. The molecule has 7 nitrogen and oxygen atoms in total. The van der Waals surface area contributed by atoms with Gasteiger partial charge in [0, 0.05) is 4.47 Å². The zero-order valence-corrected chi connectivity index (χ0v) is 11.2. The van der Waals surface area contributed by atoms with Crippen LogP contribution in [0.4, 0.5) is 5.69 Å². The van der Waals surface area contributed by atoms with Crippen molar-refractivity contribution in [3.8, 4) is 0 Å². The molecule has 0 unspecified atom stereocenters. The molecule has 0 saturated heterocycles. The summed E-state index contributed by atoms with van der Waals surface area (Å²) >= 11 is 3.31. The lowest BCUT2D eigenvalue weighted by Gasteiger charge is -2.01. The van der Waals surface area contributed by atoms with Crippen molar-refractivity contribution in [2.24, 2.45) is 5.73 Å². The van der Waals surface area contributed by atoms with Crippen molar-refractivity contribution in [2.45, 2.75) is 6.54 Å². The van der Waals surface area contributed by atoms with Gasteiger partial charge in [0.05, 0.1) is 11.5 Å². The Bertz CT molecular complexity index is 604. The minimum absolute atomic E-state index is 0.321. The van der Waals surface area contributed by atoms with Gasteiger partial charge in [0.25, 0.3) is 5.91 Å². The summed E-state index contributed by atoms with van der Waals surface area (Å²) in [6.45, 7) is 0.321. The molecule has 1 aromatic carbocycles. The van der Waals surface area contributed by atoms with Crippen molar-refractivity contribution in [3.63, 3.8) is 0 Å². The molecule has 98 valence electrons. The van der Waals surface area contributed by atoms with E-state index in [1.54, 1.807) is 0 Å². The van der Waals surface area contributed by atoms with Crippen LogP contribution in [0.2, 0.25) is 0 Å². The molecule has 2 N–H and O–H groups in total. The Morgan fingerprint density at radius 3 is 2.53 bits per heavy atom. The van der Waals surface area contributed by atoms with Gasteiger partial charge < -0.3 is 5.73 Å². The van der Waals surface area contributed by atoms with Gasteiger partial charge in [-0.1, -0.05) is 28.1 Å². The molecule has 0 aliphatic carbocycles. The molecule has 1 aromatic heterocycles. The second-order valence-corrected chi connectivity index (χ2v) is 4.72. The zero-order chi connectivity index (χ0) is 14.0. The molecule has 1 amide bonds. The van der Waals surface area contributed by atoms with Crippen LogP contribution in [0.25, 0.3) is 0 Å². The van der Waals surface area contributed by atoms with Crippen LogP contribution in [-0.4, -0.2) is 20.6 Å². The van der Waals surface area contributed by atoms with E-state index in [1.807, 2.05) is 24.3 Å². The van der Waals surface area contributed by atoms with E-state index >= 15 is 0 Å². The maximum atomic E-state index is 11.1. The van der Waals surface area contributed by atoms with Gasteiger partial charge in [0.15, 0.2) is 0 Å². The van der Waals surface area contributed by atoms with Crippen LogP contribution in [0.3, 0.4) is 0 Å². The number of rotatable bonds is 4. The van der Waals surface area contributed by atoms with Crippen LogP contribution >= 0.6 is 15.9 Å². The van der Waals surface area contributed by atoms with Crippen molar-refractivity contribution in [3.05, 3.63) is 56.3 Å². The van der Waals surface area contributed by atoms with Gasteiger partial charge in [-0.25, -0.2) is 0 Å². The number of primary amides is 1. The minimum Gasteiger partial charge on any atom is -0.364 e. The van der Waals surface area contributed by atoms with Crippen molar-refractivity contribution >= 4 is 27.5 Å². The Morgan fingerprint density at radius 1 is 1.42 bits per heavy atom. The first-order chi connectivity index (χ1) is 8.97. The maximum Gasteiger partial charge on any atom is 0.320 e. The third-order valence-electron chi connectivity index (χ3n) is 2.43. The fraction of sp³-hybridized carbons (Fsp3) is 0.0909. The smallest absolute Gasteiger partial charge is 0.320 e. The zero-order valence-electron chi connectivity index (χ0n) is 9.62. The van der Waals surface area contributed by atoms with Crippen molar-refractivity contribution < 1.29 is 9.72 Å². The number of aromatic nitrogens is 2. The molecule has 8 heteroatoms. The van der Waals surface area contributed by atoms with Crippen LogP contribution < -0.4 is 5.73 Å². The third kappa shape index (κ3) is 2.97. The molecule has 0 spiro atoms. The first kappa shape index (κ1) is 13.2. The Morgan fingerprint density at radius 2 is 2.05 bits per heavy atom. The van der Waals surface area contributed by atoms with Gasteiger partial charge in [-0.15, -0.1) is 0 Å². The van der Waals surface area contributed by atoms with Crippen LogP contribution in [0.15, 0.2) is 34.9 Å². The van der Waals surface area contributed by atoms with Crippen LogP contribution in [0.1, 0.15) is 16.1 Å². The predicted molar refractivity (Wildman–Crippen MR) is 70.6 cm³/mol.